The van der Waals surface area contributed by atoms with Crippen LogP contribution in [0.3, 0.4) is 0 Å². The fraction of sp³-hybridized carbons (Fsp3) is 0.231. The van der Waals surface area contributed by atoms with Crippen molar-refractivity contribution in [3.05, 3.63) is 40.2 Å². The molecule has 0 unspecified atom stereocenters. The molecule has 0 aliphatic carbocycles. The monoisotopic (exact) mass is 303 g/mol. The molecule has 0 saturated carbocycles. The van der Waals surface area contributed by atoms with E-state index in [2.05, 4.69) is 4.98 Å². The molecule has 1 heterocycles. The summed E-state index contributed by atoms with van der Waals surface area (Å²) in [5, 5.41) is 0.0660. The number of halogens is 4. The van der Waals surface area contributed by atoms with E-state index in [0.29, 0.717) is 16.6 Å². The third kappa shape index (κ3) is 2.58. The Morgan fingerprint density at radius 2 is 1.95 bits per heavy atom. The van der Waals surface area contributed by atoms with Gasteiger partial charge in [-0.15, -0.1) is 11.3 Å². The van der Waals surface area contributed by atoms with Crippen LogP contribution in [0.4, 0.5) is 17.6 Å². The first-order valence-corrected chi connectivity index (χ1v) is 6.38. The highest BCUT2D eigenvalue weighted by Gasteiger charge is 2.35. The molecule has 0 aliphatic rings. The Hall–Kier alpha value is -1.76. The van der Waals surface area contributed by atoms with Crippen LogP contribution in [0.2, 0.25) is 0 Å². The maximum absolute atomic E-state index is 14.0. The Bertz CT molecular complexity index is 675. The van der Waals surface area contributed by atoms with Gasteiger partial charge in [-0.05, 0) is 19.1 Å². The third-order valence-electron chi connectivity index (χ3n) is 2.65. The summed E-state index contributed by atoms with van der Waals surface area (Å²) in [6, 6.07) is 3.00. The highest BCUT2D eigenvalue weighted by atomic mass is 32.1. The maximum Gasteiger partial charge on any atom is 0.419 e. The molecule has 0 aliphatic heterocycles. The second kappa shape index (κ2) is 4.97. The molecule has 1 aromatic heterocycles. The Morgan fingerprint density at radius 1 is 1.30 bits per heavy atom. The standard InChI is InChI=1S/C13H9F4NOS/c1-6-11(7(2)19)20-12(18-6)8-4-3-5-9(10(8)14)13(15,16)17/h3-5H,1-2H3. The molecule has 0 amide bonds. The van der Waals surface area contributed by atoms with Crippen LogP contribution in [0.1, 0.15) is 27.9 Å². The summed E-state index contributed by atoms with van der Waals surface area (Å²) in [4.78, 5) is 15.6. The van der Waals surface area contributed by atoms with Crippen molar-refractivity contribution in [2.24, 2.45) is 0 Å². The zero-order valence-corrected chi connectivity index (χ0v) is 11.3. The van der Waals surface area contributed by atoms with E-state index in [1.54, 1.807) is 6.92 Å². The summed E-state index contributed by atoms with van der Waals surface area (Å²) < 4.78 is 51.9. The Kier molecular flexibility index (Phi) is 3.64. The second-order valence-corrected chi connectivity index (χ2v) is 5.15. The van der Waals surface area contributed by atoms with Gasteiger partial charge in [0.2, 0.25) is 0 Å². The van der Waals surface area contributed by atoms with Gasteiger partial charge in [0.05, 0.1) is 16.1 Å². The van der Waals surface area contributed by atoms with Crippen molar-refractivity contribution in [3.63, 3.8) is 0 Å². The summed E-state index contributed by atoms with van der Waals surface area (Å²) in [6.07, 6.45) is -4.77. The number of benzene rings is 1. The van der Waals surface area contributed by atoms with Crippen LogP contribution in [0.5, 0.6) is 0 Å². The smallest absolute Gasteiger partial charge is 0.294 e. The van der Waals surface area contributed by atoms with E-state index < -0.39 is 17.6 Å². The summed E-state index contributed by atoms with van der Waals surface area (Å²) in [5.74, 6) is -1.62. The Labute approximate surface area is 116 Å². The molecular weight excluding hydrogens is 294 g/mol. The van der Waals surface area contributed by atoms with Crippen LogP contribution in [-0.2, 0) is 6.18 Å². The van der Waals surface area contributed by atoms with Crippen molar-refractivity contribution in [2.45, 2.75) is 20.0 Å². The molecule has 106 valence electrons. The normalized spacial score (nSPS) is 11.7. The number of hydrogen-bond acceptors (Lipinski definition) is 3. The molecule has 2 nitrogen and oxygen atoms in total. The summed E-state index contributed by atoms with van der Waals surface area (Å²) in [6.45, 7) is 2.88. The molecule has 20 heavy (non-hydrogen) atoms. The number of aryl methyl sites for hydroxylation is 1. The SMILES string of the molecule is CC(=O)c1sc(-c2cccc(C(F)(F)F)c2F)nc1C. The van der Waals surface area contributed by atoms with Gasteiger partial charge in [-0.2, -0.15) is 13.2 Å². The predicted octanol–water partition coefficient (Wildman–Crippen LogP) is 4.48. The van der Waals surface area contributed by atoms with Crippen LogP contribution in [0.25, 0.3) is 10.6 Å². The fourth-order valence-electron chi connectivity index (χ4n) is 1.75. The lowest BCUT2D eigenvalue weighted by atomic mass is 10.1. The predicted molar refractivity (Wildman–Crippen MR) is 67.3 cm³/mol. The van der Waals surface area contributed by atoms with E-state index in [-0.39, 0.29) is 16.4 Å². The van der Waals surface area contributed by atoms with Crippen molar-refractivity contribution in [1.82, 2.24) is 4.98 Å². The van der Waals surface area contributed by atoms with Crippen LogP contribution >= 0.6 is 11.3 Å². The zero-order chi connectivity index (χ0) is 15.1. The van der Waals surface area contributed by atoms with Gasteiger partial charge in [-0.3, -0.25) is 4.79 Å². The minimum Gasteiger partial charge on any atom is -0.294 e. The van der Waals surface area contributed by atoms with Crippen molar-refractivity contribution >= 4 is 17.1 Å². The van der Waals surface area contributed by atoms with Gasteiger partial charge in [0.15, 0.2) is 5.78 Å². The van der Waals surface area contributed by atoms with Gasteiger partial charge in [0.1, 0.15) is 10.8 Å². The minimum absolute atomic E-state index is 0.0660. The number of carbonyl (C=O) groups is 1. The van der Waals surface area contributed by atoms with Gasteiger partial charge in [-0.25, -0.2) is 9.37 Å². The first-order valence-electron chi connectivity index (χ1n) is 5.56. The van der Waals surface area contributed by atoms with E-state index in [1.807, 2.05) is 0 Å². The number of aromatic nitrogens is 1. The van der Waals surface area contributed by atoms with Gasteiger partial charge >= 0.3 is 6.18 Å². The number of rotatable bonds is 2. The molecule has 0 spiro atoms. The molecular formula is C13H9F4NOS. The number of ketones is 1. The lowest BCUT2D eigenvalue weighted by Crippen LogP contribution is -2.08. The molecule has 0 atom stereocenters. The zero-order valence-electron chi connectivity index (χ0n) is 10.5. The molecule has 0 radical (unpaired) electrons. The number of nitrogens with zero attached hydrogens (tertiary/aromatic N) is 1. The number of thiazole rings is 1. The lowest BCUT2D eigenvalue weighted by Gasteiger charge is -2.09. The van der Waals surface area contributed by atoms with Crippen LogP contribution in [0.15, 0.2) is 18.2 Å². The number of alkyl halides is 3. The first-order chi connectivity index (χ1) is 9.21. The maximum atomic E-state index is 14.0. The van der Waals surface area contributed by atoms with Crippen LogP contribution in [-0.4, -0.2) is 10.8 Å². The molecule has 0 saturated heterocycles. The Balaban J connectivity index is 2.60. The fourth-order valence-corrected chi connectivity index (χ4v) is 2.73. The average Bonchev–Trinajstić information content (AvgIpc) is 2.70. The van der Waals surface area contributed by atoms with Gasteiger partial charge in [0, 0.05) is 12.5 Å². The van der Waals surface area contributed by atoms with Crippen molar-refractivity contribution in [3.8, 4) is 10.6 Å². The van der Waals surface area contributed by atoms with E-state index in [0.717, 1.165) is 17.4 Å². The highest BCUT2D eigenvalue weighted by Crippen LogP contribution is 2.37. The number of hydrogen-bond donors (Lipinski definition) is 0. The number of Topliss-reactive ketones (excluding diaryl/α,β-unsaturated/α-hetero) is 1. The van der Waals surface area contributed by atoms with E-state index in [1.165, 1.54) is 13.0 Å². The Morgan fingerprint density at radius 3 is 2.45 bits per heavy atom. The van der Waals surface area contributed by atoms with Crippen molar-refractivity contribution < 1.29 is 22.4 Å². The third-order valence-corrected chi connectivity index (χ3v) is 3.94. The first kappa shape index (κ1) is 14.6. The highest BCUT2D eigenvalue weighted by molar-refractivity contribution is 7.17. The molecule has 0 bridgehead atoms. The van der Waals surface area contributed by atoms with Crippen molar-refractivity contribution in [2.75, 3.05) is 0 Å². The number of carbonyl (C=O) groups excluding carboxylic acids is 1. The lowest BCUT2D eigenvalue weighted by molar-refractivity contribution is -0.139. The van der Waals surface area contributed by atoms with Gasteiger partial charge in [0.25, 0.3) is 0 Å². The van der Waals surface area contributed by atoms with Gasteiger partial charge in [-0.1, -0.05) is 6.07 Å². The molecule has 7 heteroatoms. The molecule has 2 aromatic rings. The van der Waals surface area contributed by atoms with E-state index >= 15 is 0 Å². The van der Waals surface area contributed by atoms with Crippen LogP contribution in [0, 0.1) is 12.7 Å². The molecule has 1 aromatic carbocycles. The van der Waals surface area contributed by atoms with E-state index in [4.69, 9.17) is 0 Å². The molecule has 0 N–H and O–H groups in total. The summed E-state index contributed by atoms with van der Waals surface area (Å²) in [5.41, 5.74) is -1.21. The topological polar surface area (TPSA) is 30.0 Å². The molecule has 2 rings (SSSR count). The largest absolute Gasteiger partial charge is 0.419 e. The van der Waals surface area contributed by atoms with Crippen LogP contribution < -0.4 is 0 Å². The van der Waals surface area contributed by atoms with Gasteiger partial charge < -0.3 is 0 Å². The average molecular weight is 303 g/mol. The second-order valence-electron chi connectivity index (χ2n) is 4.15. The van der Waals surface area contributed by atoms with Crippen molar-refractivity contribution in [1.29, 1.82) is 0 Å². The summed E-state index contributed by atoms with van der Waals surface area (Å²) in [7, 11) is 0. The quantitative estimate of drug-likeness (QED) is 0.605. The molecule has 0 fully saturated rings. The van der Waals surface area contributed by atoms with E-state index in [9.17, 15) is 22.4 Å². The summed E-state index contributed by atoms with van der Waals surface area (Å²) >= 11 is 0.886. The minimum atomic E-state index is -4.77.